The Balaban J connectivity index is 1.40. The molecule has 5 rings (SSSR count). The molecule has 5 nitrogen and oxygen atoms in total. The largest absolute Gasteiger partial charge is 0.493 e. The zero-order valence-corrected chi connectivity index (χ0v) is 28.0. The number of allylic oxidation sites excluding steroid dienone is 1. The molecule has 0 unspecified atom stereocenters. The average molecular weight is 597 g/mol. The van der Waals surface area contributed by atoms with Crippen molar-refractivity contribution < 1.29 is 14.2 Å². The summed E-state index contributed by atoms with van der Waals surface area (Å²) >= 11 is 0. The van der Waals surface area contributed by atoms with Crippen molar-refractivity contribution in [1.82, 2.24) is 4.90 Å². The molecule has 3 aromatic carbocycles. The van der Waals surface area contributed by atoms with Crippen LogP contribution in [-0.4, -0.2) is 43.9 Å². The van der Waals surface area contributed by atoms with E-state index < -0.39 is 0 Å². The molecule has 1 aliphatic carbocycles. The smallest absolute Gasteiger partial charge is 0.185 e. The van der Waals surface area contributed by atoms with E-state index in [1.165, 1.54) is 52.8 Å². The van der Waals surface area contributed by atoms with Crippen molar-refractivity contribution in [1.29, 1.82) is 0 Å². The van der Waals surface area contributed by atoms with Crippen LogP contribution in [0.1, 0.15) is 88.8 Å². The van der Waals surface area contributed by atoms with E-state index in [0.29, 0.717) is 12.0 Å². The number of hydrogen-bond donors (Lipinski definition) is 0. The van der Waals surface area contributed by atoms with Gasteiger partial charge in [-0.2, -0.15) is 0 Å². The summed E-state index contributed by atoms with van der Waals surface area (Å²) in [5.41, 5.74) is 7.37. The molecule has 0 bridgehead atoms. The van der Waals surface area contributed by atoms with E-state index in [1.54, 1.807) is 14.2 Å². The molecule has 0 N–H and O–H groups in total. The van der Waals surface area contributed by atoms with E-state index in [2.05, 4.69) is 111 Å². The summed E-state index contributed by atoms with van der Waals surface area (Å²) in [6.45, 7) is 13.6. The molecule has 0 atom stereocenters. The summed E-state index contributed by atoms with van der Waals surface area (Å²) in [4.78, 5) is 5.06. The van der Waals surface area contributed by atoms with Crippen LogP contribution in [0.2, 0.25) is 0 Å². The molecule has 1 saturated carbocycles. The van der Waals surface area contributed by atoms with Gasteiger partial charge in [-0.15, -0.1) is 0 Å². The molecule has 5 heteroatoms. The Labute approximate surface area is 265 Å². The Kier molecular flexibility index (Phi) is 10.1. The van der Waals surface area contributed by atoms with Gasteiger partial charge in [0, 0.05) is 36.9 Å². The number of hydrogen-bond acceptors (Lipinski definition) is 5. The fraction of sp³-hybridized carbons (Fsp3) is 0.487. The number of ether oxygens (including phenoxy) is 3. The summed E-state index contributed by atoms with van der Waals surface area (Å²) in [6, 6.07) is 23.0. The zero-order valence-electron chi connectivity index (χ0n) is 28.0. The summed E-state index contributed by atoms with van der Waals surface area (Å²) in [5, 5.41) is 0. The number of aryl methyl sites for hydroxylation is 1. The topological polar surface area (TPSA) is 34.2 Å². The fourth-order valence-corrected chi connectivity index (χ4v) is 6.52. The van der Waals surface area contributed by atoms with Gasteiger partial charge in [-0.1, -0.05) is 49.2 Å². The number of piperidine rings is 1. The maximum Gasteiger partial charge on any atom is 0.185 e. The molecule has 1 aliphatic heterocycles. The van der Waals surface area contributed by atoms with Gasteiger partial charge in [0.15, 0.2) is 17.4 Å². The van der Waals surface area contributed by atoms with E-state index in [0.717, 1.165) is 56.3 Å². The van der Waals surface area contributed by atoms with Crippen LogP contribution < -0.4 is 14.4 Å². The van der Waals surface area contributed by atoms with Crippen molar-refractivity contribution >= 4 is 5.69 Å². The third kappa shape index (κ3) is 7.54. The molecule has 1 heterocycles. The molecule has 44 heavy (non-hydrogen) atoms. The van der Waals surface area contributed by atoms with Crippen LogP contribution in [0.15, 0.2) is 72.6 Å². The quantitative estimate of drug-likeness (QED) is 0.206. The molecule has 2 aliphatic rings. The minimum atomic E-state index is -0.205. The molecular formula is C39H52N2O3. The number of benzene rings is 3. The predicted octanol–water partition coefficient (Wildman–Crippen LogP) is 9.48. The molecule has 0 amide bonds. The maximum absolute atomic E-state index is 6.38. The minimum absolute atomic E-state index is 0.205. The lowest BCUT2D eigenvalue weighted by atomic mass is 9.78. The molecule has 3 aromatic rings. The highest BCUT2D eigenvalue weighted by atomic mass is 16.5. The molecule has 2 fully saturated rings. The highest BCUT2D eigenvalue weighted by Gasteiger charge is 2.29. The van der Waals surface area contributed by atoms with Crippen LogP contribution >= 0.6 is 0 Å². The summed E-state index contributed by atoms with van der Waals surface area (Å²) < 4.78 is 18.0. The summed E-state index contributed by atoms with van der Waals surface area (Å²) in [6.07, 6.45) is 9.09. The molecule has 0 spiro atoms. The van der Waals surface area contributed by atoms with Crippen LogP contribution in [0.25, 0.3) is 11.1 Å². The van der Waals surface area contributed by atoms with Crippen LogP contribution in [0.3, 0.4) is 0 Å². The van der Waals surface area contributed by atoms with Gasteiger partial charge in [-0.3, -0.25) is 0 Å². The Bertz CT molecular complexity index is 1410. The second kappa shape index (κ2) is 14.0. The van der Waals surface area contributed by atoms with Gasteiger partial charge in [0.25, 0.3) is 0 Å². The lowest BCUT2D eigenvalue weighted by Crippen LogP contribution is -2.45. The van der Waals surface area contributed by atoms with Gasteiger partial charge in [0.2, 0.25) is 0 Å². The van der Waals surface area contributed by atoms with Crippen molar-refractivity contribution in [2.24, 2.45) is 0 Å². The Hall–Kier alpha value is -3.60. The van der Waals surface area contributed by atoms with Crippen molar-refractivity contribution in [2.75, 3.05) is 32.2 Å². The molecule has 0 radical (unpaired) electrons. The monoisotopic (exact) mass is 596 g/mol. The standard InChI is InChI=1S/C39H52N2O3/c1-8-11-37(44-39(3,4)5)40-22-20-34(21-23-40)41(33-18-16-28(2)17-19-33)27-29-12-9-15-31(24-29)32-25-35(30-13-10-14-30)38(43-7)36(26-32)42-6/h9,11-12,15-19,24-26,30,34H,8,10,13-14,20-23,27H2,1-7H3/b37-11-. The molecular weight excluding hydrogens is 544 g/mol. The van der Waals surface area contributed by atoms with Crippen molar-refractivity contribution in [2.45, 2.75) is 97.2 Å². The molecule has 236 valence electrons. The third-order valence-corrected chi connectivity index (χ3v) is 9.04. The van der Waals surface area contributed by atoms with Gasteiger partial charge in [0.1, 0.15) is 5.60 Å². The van der Waals surface area contributed by atoms with Crippen LogP contribution in [0.4, 0.5) is 5.69 Å². The average Bonchev–Trinajstić information content (AvgIpc) is 2.98. The summed E-state index contributed by atoms with van der Waals surface area (Å²) in [5.74, 6) is 3.28. The lowest BCUT2D eigenvalue weighted by molar-refractivity contribution is -0.00491. The number of nitrogens with zero attached hydrogens (tertiary/aromatic N) is 2. The van der Waals surface area contributed by atoms with Crippen LogP contribution in [0.5, 0.6) is 11.5 Å². The first-order valence-corrected chi connectivity index (χ1v) is 16.5. The van der Waals surface area contributed by atoms with Gasteiger partial charge in [-0.05, 0) is 119 Å². The number of likely N-dealkylation sites (tertiary alicyclic amines) is 1. The Morgan fingerprint density at radius 3 is 2.23 bits per heavy atom. The van der Waals surface area contributed by atoms with Crippen molar-refractivity contribution in [3.63, 3.8) is 0 Å². The zero-order chi connectivity index (χ0) is 31.3. The van der Waals surface area contributed by atoms with E-state index >= 15 is 0 Å². The van der Waals surface area contributed by atoms with Gasteiger partial charge >= 0.3 is 0 Å². The number of rotatable bonds is 11. The highest BCUT2D eigenvalue weighted by Crippen LogP contribution is 2.46. The van der Waals surface area contributed by atoms with E-state index in [-0.39, 0.29) is 5.60 Å². The Morgan fingerprint density at radius 2 is 1.64 bits per heavy atom. The lowest BCUT2D eigenvalue weighted by Gasteiger charge is -2.42. The van der Waals surface area contributed by atoms with E-state index in [4.69, 9.17) is 14.2 Å². The van der Waals surface area contributed by atoms with E-state index in [1.807, 2.05) is 0 Å². The molecule has 1 saturated heterocycles. The van der Waals surface area contributed by atoms with Crippen molar-refractivity contribution in [3.05, 3.63) is 89.3 Å². The Morgan fingerprint density at radius 1 is 0.909 bits per heavy atom. The predicted molar refractivity (Wildman–Crippen MR) is 183 cm³/mol. The first kappa shape index (κ1) is 31.8. The van der Waals surface area contributed by atoms with Gasteiger partial charge in [0.05, 0.1) is 14.2 Å². The van der Waals surface area contributed by atoms with E-state index in [9.17, 15) is 0 Å². The minimum Gasteiger partial charge on any atom is -0.493 e. The fourth-order valence-electron chi connectivity index (χ4n) is 6.52. The molecule has 0 aromatic heterocycles. The second-order valence-corrected chi connectivity index (χ2v) is 13.5. The number of methoxy groups -OCH3 is 2. The summed E-state index contributed by atoms with van der Waals surface area (Å²) in [7, 11) is 3.49. The normalized spacial score (nSPS) is 16.4. The SMILES string of the molecule is CC/C=C(\OC(C)(C)C)N1CCC(N(Cc2cccc(-c3cc(OC)c(OC)c(C4CCC4)c3)c2)c2ccc(C)cc2)CC1. The first-order chi connectivity index (χ1) is 21.2. The van der Waals surface area contributed by atoms with Crippen LogP contribution in [-0.2, 0) is 11.3 Å². The number of anilines is 1. The van der Waals surface area contributed by atoms with Gasteiger partial charge in [-0.25, -0.2) is 0 Å². The van der Waals surface area contributed by atoms with Crippen molar-refractivity contribution in [3.8, 4) is 22.6 Å². The highest BCUT2D eigenvalue weighted by molar-refractivity contribution is 5.70. The third-order valence-electron chi connectivity index (χ3n) is 9.04. The maximum atomic E-state index is 6.38. The van der Waals surface area contributed by atoms with Crippen LogP contribution in [0, 0.1) is 6.92 Å². The second-order valence-electron chi connectivity index (χ2n) is 13.5. The van der Waals surface area contributed by atoms with Gasteiger partial charge < -0.3 is 24.0 Å². The first-order valence-electron chi connectivity index (χ1n) is 16.5.